The molecule has 1 fully saturated rings. The van der Waals surface area contributed by atoms with Crippen LogP contribution in [0.2, 0.25) is 0 Å². The number of hydrogen-bond acceptors (Lipinski definition) is 7. The summed E-state index contributed by atoms with van der Waals surface area (Å²) in [5.41, 5.74) is 1.18. The highest BCUT2D eigenvalue weighted by molar-refractivity contribution is 6.09. The van der Waals surface area contributed by atoms with Crippen molar-refractivity contribution in [3.8, 4) is 0 Å². The topological polar surface area (TPSA) is 96.0 Å². The lowest BCUT2D eigenvalue weighted by Gasteiger charge is -2.34. The van der Waals surface area contributed by atoms with Crippen molar-refractivity contribution in [3.05, 3.63) is 46.1 Å². The van der Waals surface area contributed by atoms with E-state index in [0.717, 1.165) is 11.1 Å². The Balaban J connectivity index is 2.12. The molecule has 7 nitrogen and oxygen atoms in total. The smallest absolute Gasteiger partial charge is 0.351 e. The van der Waals surface area contributed by atoms with Crippen LogP contribution < -0.4 is 0 Å². The van der Waals surface area contributed by atoms with E-state index in [1.807, 2.05) is 13.8 Å². The second kappa shape index (κ2) is 8.52. The lowest BCUT2D eigenvalue weighted by Crippen LogP contribution is -2.50. The lowest BCUT2D eigenvalue weighted by molar-refractivity contribution is -0.175. The third kappa shape index (κ3) is 3.74. The van der Waals surface area contributed by atoms with Gasteiger partial charge in [-0.1, -0.05) is 23.3 Å². The van der Waals surface area contributed by atoms with Crippen LogP contribution in [0, 0.1) is 11.8 Å². The van der Waals surface area contributed by atoms with Crippen molar-refractivity contribution in [2.45, 2.75) is 72.7 Å². The Morgan fingerprint density at radius 2 is 1.69 bits per heavy atom. The van der Waals surface area contributed by atoms with Crippen LogP contribution in [0.3, 0.4) is 0 Å². The summed E-state index contributed by atoms with van der Waals surface area (Å²) < 4.78 is 17.4. The molecule has 3 rings (SSSR count). The number of ether oxygens (including phenoxy) is 3. The number of carbonyl (C=O) groups is 4. The number of esters is 3. The van der Waals surface area contributed by atoms with Gasteiger partial charge in [0.15, 0.2) is 5.78 Å². The summed E-state index contributed by atoms with van der Waals surface area (Å²) in [6.45, 7) is 11.8. The monoisotopic (exact) mass is 442 g/mol. The Labute approximate surface area is 188 Å². The highest BCUT2D eigenvalue weighted by Crippen LogP contribution is 2.51. The van der Waals surface area contributed by atoms with Gasteiger partial charge in [-0.25, -0.2) is 14.4 Å². The van der Waals surface area contributed by atoms with Crippen molar-refractivity contribution in [2.24, 2.45) is 11.8 Å². The molecule has 3 aliphatic rings. The van der Waals surface area contributed by atoms with E-state index in [4.69, 9.17) is 14.2 Å². The second-order valence-electron chi connectivity index (χ2n) is 8.91. The van der Waals surface area contributed by atoms with E-state index < -0.39 is 47.6 Å². The van der Waals surface area contributed by atoms with Crippen LogP contribution in [0.1, 0.15) is 54.9 Å². The van der Waals surface area contributed by atoms with Crippen LogP contribution in [0.5, 0.6) is 0 Å². The number of rotatable bonds is 4. The summed E-state index contributed by atoms with van der Waals surface area (Å²) >= 11 is 0. The molecule has 32 heavy (non-hydrogen) atoms. The minimum atomic E-state index is -1.68. The fraction of sp³-hybridized carbons (Fsp3) is 0.520. The van der Waals surface area contributed by atoms with Gasteiger partial charge >= 0.3 is 17.9 Å². The summed E-state index contributed by atoms with van der Waals surface area (Å²) in [6, 6.07) is 0. The van der Waals surface area contributed by atoms with E-state index in [2.05, 4.69) is 0 Å². The molecule has 2 aliphatic carbocycles. The average molecular weight is 443 g/mol. The zero-order valence-corrected chi connectivity index (χ0v) is 19.6. The van der Waals surface area contributed by atoms with Gasteiger partial charge in [0, 0.05) is 29.1 Å². The molecule has 0 saturated carbocycles. The number of ketones is 1. The molecule has 172 valence electrons. The number of allylic oxidation sites excluding steroid dienone is 3. The summed E-state index contributed by atoms with van der Waals surface area (Å²) in [4.78, 5) is 51.1. The van der Waals surface area contributed by atoms with Gasteiger partial charge in [-0.2, -0.15) is 0 Å². The molecule has 1 heterocycles. The fourth-order valence-electron chi connectivity index (χ4n) is 4.76. The first kappa shape index (κ1) is 23.7. The summed E-state index contributed by atoms with van der Waals surface area (Å²) in [7, 11) is 0. The second-order valence-corrected chi connectivity index (χ2v) is 8.91. The molecule has 1 aliphatic heterocycles. The Kier molecular flexibility index (Phi) is 6.31. The normalized spacial score (nSPS) is 32.7. The van der Waals surface area contributed by atoms with Crippen molar-refractivity contribution in [1.82, 2.24) is 0 Å². The zero-order chi connectivity index (χ0) is 24.0. The Bertz CT molecular complexity index is 1010. The molecule has 2 unspecified atom stereocenters. The van der Waals surface area contributed by atoms with Crippen LogP contribution in [0.4, 0.5) is 0 Å². The third-order valence-corrected chi connectivity index (χ3v) is 6.83. The maximum atomic E-state index is 13.1. The zero-order valence-electron chi connectivity index (χ0n) is 19.6. The minimum Gasteiger partial charge on any atom is -0.458 e. The fourth-order valence-corrected chi connectivity index (χ4v) is 4.76. The Morgan fingerprint density at radius 3 is 2.28 bits per heavy atom. The van der Waals surface area contributed by atoms with Crippen molar-refractivity contribution in [3.63, 3.8) is 0 Å². The third-order valence-electron chi connectivity index (χ3n) is 6.83. The molecule has 0 N–H and O–H groups in total. The molecule has 0 aromatic heterocycles. The molecule has 1 saturated heterocycles. The molecule has 0 aromatic carbocycles. The van der Waals surface area contributed by atoms with Crippen LogP contribution in [-0.2, 0) is 33.4 Å². The predicted octanol–water partition coefficient (Wildman–Crippen LogP) is 3.54. The van der Waals surface area contributed by atoms with E-state index in [1.54, 1.807) is 45.9 Å². The summed E-state index contributed by atoms with van der Waals surface area (Å²) in [5.74, 6) is -3.27. The highest BCUT2D eigenvalue weighted by Gasteiger charge is 2.65. The minimum absolute atomic E-state index is 0.133. The molecule has 0 bridgehead atoms. The SMILES string of the molecule is C/C=C(\C)C(=O)O[C@H]1CC(C)=C2C(=O)C=C(C)[C@H]2C2OC(=O)[C@@](C)(OC(=O)/C(C)=C/C)C21. The largest absolute Gasteiger partial charge is 0.458 e. The van der Waals surface area contributed by atoms with E-state index in [1.165, 1.54) is 6.92 Å². The molecule has 0 amide bonds. The van der Waals surface area contributed by atoms with Gasteiger partial charge in [0.1, 0.15) is 12.2 Å². The summed E-state index contributed by atoms with van der Waals surface area (Å²) in [5, 5.41) is 0. The standard InChI is InChI=1S/C25H30O7/c1-8-12(3)22(27)30-17-11-15(6)18-16(26)10-14(5)19(18)21-20(17)25(7,24(29)31-21)32-23(28)13(4)9-2/h8-10,17,19-21H,11H2,1-7H3/b12-8+,13-9+/t17-,19+,20?,21?,25-/m0/s1. The first-order chi connectivity index (χ1) is 15.0. The maximum absolute atomic E-state index is 13.1. The van der Waals surface area contributed by atoms with Crippen LogP contribution in [0.15, 0.2) is 46.1 Å². The van der Waals surface area contributed by atoms with Crippen LogP contribution in [-0.4, -0.2) is 41.5 Å². The van der Waals surface area contributed by atoms with Crippen molar-refractivity contribution in [2.75, 3.05) is 0 Å². The van der Waals surface area contributed by atoms with Gasteiger partial charge in [-0.15, -0.1) is 0 Å². The van der Waals surface area contributed by atoms with Crippen molar-refractivity contribution in [1.29, 1.82) is 0 Å². The van der Waals surface area contributed by atoms with Gasteiger partial charge in [-0.3, -0.25) is 4.79 Å². The molecule has 7 heteroatoms. The van der Waals surface area contributed by atoms with Crippen LogP contribution in [0.25, 0.3) is 0 Å². The average Bonchev–Trinajstić information content (AvgIpc) is 3.12. The van der Waals surface area contributed by atoms with E-state index in [-0.39, 0.29) is 12.2 Å². The van der Waals surface area contributed by atoms with Gasteiger partial charge in [0.25, 0.3) is 0 Å². The Morgan fingerprint density at radius 1 is 1.09 bits per heavy atom. The number of carbonyl (C=O) groups excluding carboxylic acids is 4. The van der Waals surface area contributed by atoms with Gasteiger partial charge in [-0.05, 0) is 54.5 Å². The van der Waals surface area contributed by atoms with Gasteiger partial charge in [0.2, 0.25) is 5.60 Å². The quantitative estimate of drug-likeness (QED) is 0.373. The molecule has 5 atom stereocenters. The predicted molar refractivity (Wildman–Crippen MR) is 116 cm³/mol. The number of fused-ring (bicyclic) bond motifs is 3. The first-order valence-corrected chi connectivity index (χ1v) is 10.8. The van der Waals surface area contributed by atoms with Crippen molar-refractivity contribution >= 4 is 23.7 Å². The van der Waals surface area contributed by atoms with Crippen LogP contribution >= 0.6 is 0 Å². The molecular formula is C25H30O7. The highest BCUT2D eigenvalue weighted by atomic mass is 16.6. The summed E-state index contributed by atoms with van der Waals surface area (Å²) in [6.07, 6.45) is 3.39. The van der Waals surface area contributed by atoms with E-state index >= 15 is 0 Å². The molecule has 0 radical (unpaired) electrons. The lowest BCUT2D eigenvalue weighted by atomic mass is 9.77. The molecule has 0 spiro atoms. The van der Waals surface area contributed by atoms with Gasteiger partial charge in [0.05, 0.1) is 5.92 Å². The Hall–Kier alpha value is -2.96. The molecular weight excluding hydrogens is 412 g/mol. The molecule has 0 aromatic rings. The first-order valence-electron chi connectivity index (χ1n) is 10.8. The van der Waals surface area contributed by atoms with Crippen molar-refractivity contribution < 1.29 is 33.4 Å². The van der Waals surface area contributed by atoms with E-state index in [0.29, 0.717) is 16.7 Å². The number of hydrogen-bond donors (Lipinski definition) is 0. The van der Waals surface area contributed by atoms with E-state index in [9.17, 15) is 19.2 Å². The van der Waals surface area contributed by atoms with Gasteiger partial charge < -0.3 is 14.2 Å². The maximum Gasteiger partial charge on any atom is 0.351 e.